The lowest BCUT2D eigenvalue weighted by atomic mass is 10.0. The van der Waals surface area contributed by atoms with Gasteiger partial charge in [-0.1, -0.05) is 120 Å². The highest BCUT2D eigenvalue weighted by molar-refractivity contribution is 4.99. The van der Waals surface area contributed by atoms with E-state index in [1.165, 1.54) is 83.5 Å². The van der Waals surface area contributed by atoms with Gasteiger partial charge in [-0.25, -0.2) is 0 Å². The molecular formula is C19H32. The van der Waals surface area contributed by atoms with Gasteiger partial charge in [0.1, 0.15) is 0 Å². The molecule has 2 aliphatic rings. The predicted octanol–water partition coefficient (Wildman–Crippen LogP) is 6.76. The molecule has 0 amide bonds. The fourth-order valence-electron chi connectivity index (χ4n) is 2.68. The van der Waals surface area contributed by atoms with Gasteiger partial charge in [0, 0.05) is 0 Å². The highest BCUT2D eigenvalue weighted by Gasteiger charge is 1.96. The second-order valence-electron chi connectivity index (χ2n) is 5.75. The Hall–Kier alpha value is -0.780. The van der Waals surface area contributed by atoms with Crippen molar-refractivity contribution in [2.45, 2.75) is 83.5 Å². The summed E-state index contributed by atoms with van der Waals surface area (Å²) in [7, 11) is 0. The standard InChI is InChI=1S/C7H14.C6H12.C6H6/c1-2-4-6-7-5-3-1;2*1-2-4-6-5-3-1/h1-7H2;1-6H2;1-6H. The van der Waals surface area contributed by atoms with Gasteiger partial charge < -0.3 is 0 Å². The van der Waals surface area contributed by atoms with Crippen LogP contribution in [0.5, 0.6) is 0 Å². The minimum absolute atomic E-state index is 1.50. The molecule has 3 rings (SSSR count). The molecule has 1 aromatic rings. The van der Waals surface area contributed by atoms with E-state index in [1.807, 2.05) is 36.4 Å². The van der Waals surface area contributed by atoms with Crippen molar-refractivity contribution in [2.75, 3.05) is 0 Å². The minimum Gasteiger partial charge on any atom is -0.0623 e. The van der Waals surface area contributed by atoms with Crippen LogP contribution in [0.25, 0.3) is 0 Å². The van der Waals surface area contributed by atoms with Crippen molar-refractivity contribution in [3.8, 4) is 0 Å². The lowest BCUT2D eigenvalue weighted by molar-refractivity contribution is 0.504. The summed E-state index contributed by atoms with van der Waals surface area (Å²) in [5.74, 6) is 0. The van der Waals surface area contributed by atoms with E-state index in [-0.39, 0.29) is 0 Å². The van der Waals surface area contributed by atoms with Gasteiger partial charge in [0.25, 0.3) is 0 Å². The first-order valence-corrected chi connectivity index (χ1v) is 8.50. The molecule has 0 radical (unpaired) electrons. The van der Waals surface area contributed by atoms with E-state index >= 15 is 0 Å². The molecule has 2 fully saturated rings. The largest absolute Gasteiger partial charge is 0.0623 e. The molecule has 19 heavy (non-hydrogen) atoms. The summed E-state index contributed by atoms with van der Waals surface area (Å²) in [6.45, 7) is 0. The van der Waals surface area contributed by atoms with Gasteiger partial charge in [-0.05, 0) is 0 Å². The molecule has 0 aliphatic heterocycles. The van der Waals surface area contributed by atoms with Gasteiger partial charge in [-0.2, -0.15) is 0 Å². The summed E-state index contributed by atoms with van der Waals surface area (Å²) in [6, 6.07) is 12.0. The van der Waals surface area contributed by atoms with Gasteiger partial charge in [0.15, 0.2) is 0 Å². The van der Waals surface area contributed by atoms with E-state index in [9.17, 15) is 0 Å². The van der Waals surface area contributed by atoms with Crippen molar-refractivity contribution in [1.82, 2.24) is 0 Å². The Balaban J connectivity index is 0.000000143. The van der Waals surface area contributed by atoms with Gasteiger partial charge in [0.2, 0.25) is 0 Å². The molecule has 2 aliphatic carbocycles. The van der Waals surface area contributed by atoms with Crippen LogP contribution in [0.4, 0.5) is 0 Å². The third-order valence-corrected chi connectivity index (χ3v) is 3.92. The van der Waals surface area contributed by atoms with Gasteiger partial charge in [-0.15, -0.1) is 0 Å². The van der Waals surface area contributed by atoms with Crippen molar-refractivity contribution >= 4 is 0 Å². The first-order chi connectivity index (χ1) is 9.50. The highest BCUT2D eigenvalue weighted by Crippen LogP contribution is 2.15. The van der Waals surface area contributed by atoms with E-state index < -0.39 is 0 Å². The van der Waals surface area contributed by atoms with E-state index in [4.69, 9.17) is 0 Å². The molecule has 0 aromatic heterocycles. The Labute approximate surface area is 120 Å². The van der Waals surface area contributed by atoms with Crippen LogP contribution in [0.1, 0.15) is 83.5 Å². The van der Waals surface area contributed by atoms with Crippen LogP contribution in [0.3, 0.4) is 0 Å². The average molecular weight is 260 g/mol. The zero-order valence-electron chi connectivity index (χ0n) is 12.7. The second-order valence-corrected chi connectivity index (χ2v) is 5.75. The van der Waals surface area contributed by atoms with Crippen LogP contribution in [-0.4, -0.2) is 0 Å². The smallest absolute Gasteiger partial charge is 0.0533 e. The molecule has 0 bridgehead atoms. The molecule has 2 saturated carbocycles. The number of hydrogen-bond acceptors (Lipinski definition) is 0. The molecular weight excluding hydrogens is 228 g/mol. The van der Waals surface area contributed by atoms with Crippen molar-refractivity contribution in [1.29, 1.82) is 0 Å². The molecule has 0 heteroatoms. The number of hydrogen-bond donors (Lipinski definition) is 0. The summed E-state index contributed by atoms with van der Waals surface area (Å²) in [4.78, 5) is 0. The van der Waals surface area contributed by atoms with Gasteiger partial charge in [-0.3, -0.25) is 0 Å². The second kappa shape index (κ2) is 13.6. The van der Waals surface area contributed by atoms with Crippen LogP contribution in [0.2, 0.25) is 0 Å². The normalized spacial score (nSPS) is 18.9. The van der Waals surface area contributed by atoms with Crippen LogP contribution in [0, 0.1) is 0 Å². The maximum absolute atomic E-state index is 2.00. The molecule has 0 saturated heterocycles. The monoisotopic (exact) mass is 260 g/mol. The zero-order chi connectivity index (χ0) is 13.4. The molecule has 0 N–H and O–H groups in total. The van der Waals surface area contributed by atoms with Crippen LogP contribution >= 0.6 is 0 Å². The van der Waals surface area contributed by atoms with E-state index in [1.54, 1.807) is 0 Å². The topological polar surface area (TPSA) is 0 Å². The van der Waals surface area contributed by atoms with Crippen molar-refractivity contribution in [3.05, 3.63) is 36.4 Å². The Morgan fingerprint density at radius 1 is 0.211 bits per heavy atom. The molecule has 0 spiro atoms. The lowest BCUT2D eigenvalue weighted by Crippen LogP contribution is -1.85. The van der Waals surface area contributed by atoms with Crippen molar-refractivity contribution < 1.29 is 0 Å². The van der Waals surface area contributed by atoms with Gasteiger partial charge >= 0.3 is 0 Å². The first-order valence-electron chi connectivity index (χ1n) is 8.50. The third kappa shape index (κ3) is 12.0. The lowest BCUT2D eigenvalue weighted by Gasteiger charge is -2.05. The first kappa shape index (κ1) is 16.3. The predicted molar refractivity (Wildman–Crippen MR) is 86.5 cm³/mol. The maximum Gasteiger partial charge on any atom is -0.0533 e. The Kier molecular flexibility index (Phi) is 11.7. The maximum atomic E-state index is 2.00. The van der Waals surface area contributed by atoms with Crippen molar-refractivity contribution in [3.63, 3.8) is 0 Å². The van der Waals surface area contributed by atoms with Crippen LogP contribution < -0.4 is 0 Å². The summed E-state index contributed by atoms with van der Waals surface area (Å²) in [5, 5.41) is 0. The fourth-order valence-corrected chi connectivity index (χ4v) is 2.68. The van der Waals surface area contributed by atoms with Gasteiger partial charge in [0.05, 0.1) is 0 Å². The molecule has 0 nitrogen and oxygen atoms in total. The number of benzene rings is 1. The molecule has 0 heterocycles. The summed E-state index contributed by atoms with van der Waals surface area (Å²) < 4.78 is 0. The minimum atomic E-state index is 1.50. The third-order valence-electron chi connectivity index (χ3n) is 3.92. The molecule has 108 valence electrons. The summed E-state index contributed by atoms with van der Waals surface area (Å²) in [5.41, 5.74) is 0. The Bertz CT molecular complexity index is 190. The Morgan fingerprint density at radius 3 is 0.421 bits per heavy atom. The van der Waals surface area contributed by atoms with Crippen LogP contribution in [0.15, 0.2) is 36.4 Å². The SMILES string of the molecule is C1CCCCC1.C1CCCCCC1.c1ccccc1. The molecule has 1 aromatic carbocycles. The van der Waals surface area contributed by atoms with E-state index in [0.29, 0.717) is 0 Å². The van der Waals surface area contributed by atoms with E-state index in [0.717, 1.165) is 0 Å². The Morgan fingerprint density at radius 2 is 0.316 bits per heavy atom. The number of rotatable bonds is 0. The van der Waals surface area contributed by atoms with Crippen molar-refractivity contribution in [2.24, 2.45) is 0 Å². The quantitative estimate of drug-likeness (QED) is 0.452. The molecule has 0 unspecified atom stereocenters. The van der Waals surface area contributed by atoms with E-state index in [2.05, 4.69) is 0 Å². The fraction of sp³-hybridized carbons (Fsp3) is 0.684. The zero-order valence-corrected chi connectivity index (χ0v) is 12.7. The highest BCUT2D eigenvalue weighted by atomic mass is 14.0. The molecule has 0 atom stereocenters. The summed E-state index contributed by atoms with van der Waals surface area (Å²) in [6.07, 6.45) is 19.5. The average Bonchev–Trinajstić information content (AvgIpc) is 2.85. The summed E-state index contributed by atoms with van der Waals surface area (Å²) >= 11 is 0. The van der Waals surface area contributed by atoms with Crippen LogP contribution in [-0.2, 0) is 0 Å².